The predicted molar refractivity (Wildman–Crippen MR) is 99.5 cm³/mol. The number of carbonyl (C=O) groups excluding carboxylic acids is 1. The summed E-state index contributed by atoms with van der Waals surface area (Å²) in [5.74, 6) is 0. The lowest BCUT2D eigenvalue weighted by Gasteiger charge is -2.29. The molecular formula is C20H32N2O3. The van der Waals surface area contributed by atoms with Crippen LogP contribution in [0.25, 0.3) is 0 Å². The van der Waals surface area contributed by atoms with Crippen LogP contribution in [0.4, 0.5) is 4.79 Å². The number of benzene rings is 1. The summed E-state index contributed by atoms with van der Waals surface area (Å²) >= 11 is 0. The topological polar surface area (TPSA) is 61.8 Å². The number of ether oxygens (including phenoxy) is 1. The number of rotatable bonds is 4. The highest BCUT2D eigenvalue weighted by Crippen LogP contribution is 2.24. The van der Waals surface area contributed by atoms with Crippen LogP contribution in [0.5, 0.6) is 0 Å². The van der Waals surface area contributed by atoms with Crippen LogP contribution in [0.2, 0.25) is 0 Å². The van der Waals surface area contributed by atoms with E-state index < -0.39 is 11.2 Å². The lowest BCUT2D eigenvalue weighted by atomic mass is 9.94. The van der Waals surface area contributed by atoms with Crippen LogP contribution >= 0.6 is 0 Å². The summed E-state index contributed by atoms with van der Waals surface area (Å²) in [5, 5.41) is 14.4. The molecule has 0 spiro atoms. The van der Waals surface area contributed by atoms with Gasteiger partial charge in [-0.25, -0.2) is 4.79 Å². The van der Waals surface area contributed by atoms with Gasteiger partial charge in [-0.3, -0.25) is 0 Å². The number of aliphatic hydroxyl groups is 1. The zero-order valence-corrected chi connectivity index (χ0v) is 15.9. The van der Waals surface area contributed by atoms with E-state index in [1.165, 1.54) is 5.56 Å². The maximum Gasteiger partial charge on any atom is 0.410 e. The van der Waals surface area contributed by atoms with Gasteiger partial charge in [0.2, 0.25) is 0 Å². The van der Waals surface area contributed by atoms with E-state index in [-0.39, 0.29) is 12.1 Å². The summed E-state index contributed by atoms with van der Waals surface area (Å²) in [6.07, 6.45) is 1.72. The van der Waals surface area contributed by atoms with E-state index in [0.29, 0.717) is 32.5 Å². The maximum absolute atomic E-state index is 12.2. The molecule has 0 radical (unpaired) electrons. The molecule has 1 heterocycles. The van der Waals surface area contributed by atoms with Crippen molar-refractivity contribution < 1.29 is 14.6 Å². The molecule has 0 bridgehead atoms. The lowest BCUT2D eigenvalue weighted by Crippen LogP contribution is -2.43. The molecule has 1 aromatic rings. The van der Waals surface area contributed by atoms with Crippen LogP contribution in [0.1, 0.15) is 58.6 Å². The van der Waals surface area contributed by atoms with E-state index >= 15 is 0 Å². The molecule has 0 aromatic heterocycles. The Labute approximate surface area is 151 Å². The second kappa shape index (κ2) is 8.19. The molecule has 5 nitrogen and oxygen atoms in total. The molecule has 1 aromatic carbocycles. The number of nitrogens with zero attached hydrogens (tertiary/aromatic N) is 1. The minimum atomic E-state index is -0.792. The van der Waals surface area contributed by atoms with Gasteiger partial charge in [-0.15, -0.1) is 0 Å². The van der Waals surface area contributed by atoms with Gasteiger partial charge in [0.1, 0.15) is 5.60 Å². The highest BCUT2D eigenvalue weighted by Gasteiger charge is 2.33. The van der Waals surface area contributed by atoms with Gasteiger partial charge in [0.15, 0.2) is 0 Å². The van der Waals surface area contributed by atoms with Crippen molar-refractivity contribution in [1.82, 2.24) is 10.2 Å². The molecule has 1 aliphatic rings. The zero-order chi connectivity index (χ0) is 18.5. The fourth-order valence-electron chi connectivity index (χ4n) is 3.07. The van der Waals surface area contributed by atoms with Crippen LogP contribution in [-0.4, -0.2) is 46.9 Å². The molecule has 1 aliphatic heterocycles. The second-order valence-electron chi connectivity index (χ2n) is 8.06. The first-order valence-electron chi connectivity index (χ1n) is 9.17. The summed E-state index contributed by atoms with van der Waals surface area (Å²) in [4.78, 5) is 13.9. The Bertz CT molecular complexity index is 556. The molecule has 1 fully saturated rings. The van der Waals surface area contributed by atoms with E-state index in [4.69, 9.17) is 4.74 Å². The number of likely N-dealkylation sites (tertiary alicyclic amines) is 1. The van der Waals surface area contributed by atoms with E-state index in [2.05, 4.69) is 24.4 Å². The number of carbonyl (C=O) groups is 1. The molecule has 1 saturated heterocycles. The van der Waals surface area contributed by atoms with Gasteiger partial charge in [0.05, 0.1) is 5.60 Å². The summed E-state index contributed by atoms with van der Waals surface area (Å²) in [6, 6.07) is 10.4. The Morgan fingerprint density at radius 1 is 1.28 bits per heavy atom. The minimum Gasteiger partial charge on any atom is -0.444 e. The Kier molecular flexibility index (Phi) is 6.47. The number of hydrogen-bond acceptors (Lipinski definition) is 4. The smallest absolute Gasteiger partial charge is 0.410 e. The SMILES string of the molecule is CC(NCC1(O)CCCN(C(=O)OC(C)(C)C)CC1)c1ccccc1. The van der Waals surface area contributed by atoms with Crippen molar-refractivity contribution in [3.8, 4) is 0 Å². The largest absolute Gasteiger partial charge is 0.444 e. The fraction of sp³-hybridized carbons (Fsp3) is 0.650. The van der Waals surface area contributed by atoms with Crippen molar-refractivity contribution in [1.29, 1.82) is 0 Å². The normalized spacial score (nSPS) is 23.0. The van der Waals surface area contributed by atoms with Crippen LogP contribution in [0, 0.1) is 0 Å². The Hall–Kier alpha value is -1.59. The van der Waals surface area contributed by atoms with Crippen LogP contribution in [0.15, 0.2) is 30.3 Å². The van der Waals surface area contributed by atoms with E-state index in [9.17, 15) is 9.90 Å². The van der Waals surface area contributed by atoms with Crippen molar-refractivity contribution >= 4 is 6.09 Å². The Morgan fingerprint density at radius 3 is 2.60 bits per heavy atom. The quantitative estimate of drug-likeness (QED) is 0.874. The average Bonchev–Trinajstić information content (AvgIpc) is 2.74. The molecule has 5 heteroatoms. The monoisotopic (exact) mass is 348 g/mol. The third kappa shape index (κ3) is 6.33. The summed E-state index contributed by atoms with van der Waals surface area (Å²) in [5.41, 5.74) is -0.0818. The second-order valence-corrected chi connectivity index (χ2v) is 8.06. The van der Waals surface area contributed by atoms with Gasteiger partial charge < -0.3 is 20.1 Å². The van der Waals surface area contributed by atoms with Crippen molar-refractivity contribution in [2.45, 2.75) is 64.2 Å². The molecule has 2 N–H and O–H groups in total. The van der Waals surface area contributed by atoms with Gasteiger partial charge in [-0.05, 0) is 52.5 Å². The molecular weight excluding hydrogens is 316 g/mol. The number of hydrogen-bond donors (Lipinski definition) is 2. The van der Waals surface area contributed by atoms with E-state index in [0.717, 1.165) is 6.42 Å². The Morgan fingerprint density at radius 2 is 1.96 bits per heavy atom. The summed E-state index contributed by atoms with van der Waals surface area (Å²) in [7, 11) is 0. The zero-order valence-electron chi connectivity index (χ0n) is 15.9. The van der Waals surface area contributed by atoms with Crippen LogP contribution < -0.4 is 5.32 Å². The number of amides is 1. The fourth-order valence-corrected chi connectivity index (χ4v) is 3.07. The average molecular weight is 348 g/mol. The van der Waals surface area contributed by atoms with Gasteiger partial charge in [-0.1, -0.05) is 30.3 Å². The molecule has 0 saturated carbocycles. The molecule has 1 amide bonds. The molecule has 2 unspecified atom stereocenters. The predicted octanol–water partition coefficient (Wildman–Crippen LogP) is 3.49. The summed E-state index contributed by atoms with van der Waals surface area (Å²) in [6.45, 7) is 9.38. The van der Waals surface area contributed by atoms with Gasteiger partial charge >= 0.3 is 6.09 Å². The highest BCUT2D eigenvalue weighted by molar-refractivity contribution is 5.68. The van der Waals surface area contributed by atoms with Crippen molar-refractivity contribution in [3.05, 3.63) is 35.9 Å². The van der Waals surface area contributed by atoms with Crippen molar-refractivity contribution in [3.63, 3.8) is 0 Å². The molecule has 2 rings (SSSR count). The first-order chi connectivity index (χ1) is 11.7. The maximum atomic E-state index is 12.2. The third-order valence-electron chi connectivity index (χ3n) is 4.61. The lowest BCUT2D eigenvalue weighted by molar-refractivity contribution is 0.0145. The first kappa shape index (κ1) is 19.7. The molecule has 0 aliphatic carbocycles. The Balaban J connectivity index is 1.87. The third-order valence-corrected chi connectivity index (χ3v) is 4.61. The molecule has 25 heavy (non-hydrogen) atoms. The van der Waals surface area contributed by atoms with Crippen LogP contribution in [0.3, 0.4) is 0 Å². The van der Waals surface area contributed by atoms with Gasteiger partial charge in [-0.2, -0.15) is 0 Å². The van der Waals surface area contributed by atoms with Crippen molar-refractivity contribution in [2.75, 3.05) is 19.6 Å². The minimum absolute atomic E-state index is 0.176. The standard InChI is InChI=1S/C20H32N2O3/c1-16(17-9-6-5-7-10-17)21-15-20(24)11-8-13-22(14-12-20)18(23)25-19(2,3)4/h5-7,9-10,16,21,24H,8,11-15H2,1-4H3. The molecule has 140 valence electrons. The molecule has 2 atom stereocenters. The first-order valence-corrected chi connectivity index (χ1v) is 9.17. The van der Waals surface area contributed by atoms with Gasteiger partial charge in [0.25, 0.3) is 0 Å². The summed E-state index contributed by atoms with van der Waals surface area (Å²) < 4.78 is 5.45. The highest BCUT2D eigenvalue weighted by atomic mass is 16.6. The van der Waals surface area contributed by atoms with E-state index in [1.807, 2.05) is 39.0 Å². The number of nitrogens with one attached hydrogen (secondary N) is 1. The van der Waals surface area contributed by atoms with Crippen LogP contribution in [-0.2, 0) is 4.74 Å². The van der Waals surface area contributed by atoms with Gasteiger partial charge in [0, 0.05) is 25.7 Å². The van der Waals surface area contributed by atoms with Crippen molar-refractivity contribution in [2.24, 2.45) is 0 Å². The van der Waals surface area contributed by atoms with E-state index in [1.54, 1.807) is 4.90 Å².